The zero-order valence-electron chi connectivity index (χ0n) is 8.52. The fraction of sp³-hybridized carbons (Fsp3) is 0.200. The third-order valence-electron chi connectivity index (χ3n) is 1.79. The molecule has 1 amide bonds. The molecule has 0 spiro atoms. The van der Waals surface area contributed by atoms with Crippen molar-refractivity contribution in [2.75, 3.05) is 7.11 Å². The molecule has 0 atom stereocenters. The molecule has 0 radical (unpaired) electrons. The molecule has 0 aliphatic carbocycles. The highest BCUT2D eigenvalue weighted by molar-refractivity contribution is 6.01. The van der Waals surface area contributed by atoms with Crippen LogP contribution in [0, 0.1) is 0 Å². The smallest absolute Gasteiger partial charge is 0.427 e. The summed E-state index contributed by atoms with van der Waals surface area (Å²) in [7, 11) is 1.25. The summed E-state index contributed by atoms with van der Waals surface area (Å²) in [6, 6.07) is 6.73. The second-order valence-electron chi connectivity index (χ2n) is 2.82. The molecule has 0 aromatic heterocycles. The van der Waals surface area contributed by atoms with Gasteiger partial charge in [0.15, 0.2) is 0 Å². The highest BCUT2D eigenvalue weighted by Crippen LogP contribution is 2.15. The van der Waals surface area contributed by atoms with E-state index in [0.717, 1.165) is 0 Å². The number of hydrogen-bond donors (Lipinski definition) is 2. The minimum Gasteiger partial charge on any atom is -0.507 e. The summed E-state index contributed by atoms with van der Waals surface area (Å²) in [4.78, 5) is 10.7. The molecule has 0 unspecified atom stereocenters. The number of hydrazone groups is 1. The standard InChI is InChI=1S/C10H12N2O3/c1-7(11-12-10(14)15-2)8-5-3-4-6-9(8)13/h3-6,13H,1-2H3,(H,12,14)/b11-7-. The van der Waals surface area contributed by atoms with Crippen LogP contribution >= 0.6 is 0 Å². The van der Waals surface area contributed by atoms with Gasteiger partial charge < -0.3 is 9.84 Å². The second kappa shape index (κ2) is 4.99. The number of ether oxygens (including phenoxy) is 1. The summed E-state index contributed by atoms with van der Waals surface area (Å²) in [5.74, 6) is 0.116. The quantitative estimate of drug-likeness (QED) is 0.571. The van der Waals surface area contributed by atoms with E-state index >= 15 is 0 Å². The van der Waals surface area contributed by atoms with Crippen LogP contribution in [0.5, 0.6) is 5.75 Å². The van der Waals surface area contributed by atoms with Crippen LogP contribution in [0.3, 0.4) is 0 Å². The predicted octanol–water partition coefficient (Wildman–Crippen LogP) is 1.47. The maximum atomic E-state index is 10.7. The number of para-hydroxylation sites is 1. The van der Waals surface area contributed by atoms with E-state index < -0.39 is 6.09 Å². The lowest BCUT2D eigenvalue weighted by molar-refractivity contribution is 0.171. The van der Waals surface area contributed by atoms with Crippen LogP contribution in [0.4, 0.5) is 4.79 Å². The van der Waals surface area contributed by atoms with Gasteiger partial charge in [0.05, 0.1) is 12.8 Å². The Morgan fingerprint density at radius 3 is 2.73 bits per heavy atom. The summed E-state index contributed by atoms with van der Waals surface area (Å²) in [5, 5.41) is 13.2. The SMILES string of the molecule is COC(=O)N/N=C(/C)c1ccccc1O. The number of nitrogens with zero attached hydrogens (tertiary/aromatic N) is 1. The molecule has 5 nitrogen and oxygen atoms in total. The van der Waals surface area contributed by atoms with Crippen molar-refractivity contribution in [3.63, 3.8) is 0 Å². The summed E-state index contributed by atoms with van der Waals surface area (Å²) in [6.45, 7) is 1.67. The zero-order chi connectivity index (χ0) is 11.3. The Bertz CT molecular complexity index is 388. The molecule has 5 heteroatoms. The first kappa shape index (κ1) is 11.0. The highest BCUT2D eigenvalue weighted by atomic mass is 16.5. The lowest BCUT2D eigenvalue weighted by atomic mass is 10.1. The van der Waals surface area contributed by atoms with Crippen molar-refractivity contribution < 1.29 is 14.6 Å². The topological polar surface area (TPSA) is 70.9 Å². The van der Waals surface area contributed by atoms with Crippen LogP contribution in [0.25, 0.3) is 0 Å². The van der Waals surface area contributed by atoms with Gasteiger partial charge in [-0.2, -0.15) is 5.10 Å². The monoisotopic (exact) mass is 208 g/mol. The maximum absolute atomic E-state index is 10.7. The number of phenolic OH excluding ortho intramolecular Hbond substituents is 1. The molecule has 0 heterocycles. The van der Waals surface area contributed by atoms with Crippen molar-refractivity contribution in [1.29, 1.82) is 0 Å². The molecule has 15 heavy (non-hydrogen) atoms. The Labute approximate surface area is 87.4 Å². The average Bonchev–Trinajstić information content (AvgIpc) is 2.26. The largest absolute Gasteiger partial charge is 0.507 e. The number of amides is 1. The lowest BCUT2D eigenvalue weighted by Gasteiger charge is -2.03. The molecule has 0 bridgehead atoms. The average molecular weight is 208 g/mol. The number of carbonyl (C=O) groups is 1. The molecular weight excluding hydrogens is 196 g/mol. The van der Waals surface area contributed by atoms with E-state index in [9.17, 15) is 9.90 Å². The number of nitrogens with one attached hydrogen (secondary N) is 1. The molecule has 0 aliphatic rings. The number of aromatic hydroxyl groups is 1. The summed E-state index contributed by atoms with van der Waals surface area (Å²) >= 11 is 0. The maximum Gasteiger partial charge on any atom is 0.427 e. The second-order valence-corrected chi connectivity index (χ2v) is 2.82. The zero-order valence-corrected chi connectivity index (χ0v) is 8.52. The first-order chi connectivity index (χ1) is 7.15. The van der Waals surface area contributed by atoms with Crippen molar-refractivity contribution in [3.8, 4) is 5.75 Å². The van der Waals surface area contributed by atoms with E-state index in [-0.39, 0.29) is 5.75 Å². The van der Waals surface area contributed by atoms with E-state index in [0.29, 0.717) is 11.3 Å². The fourth-order valence-electron chi connectivity index (χ4n) is 1.01. The van der Waals surface area contributed by atoms with Crippen LogP contribution in [0.2, 0.25) is 0 Å². The van der Waals surface area contributed by atoms with Gasteiger partial charge >= 0.3 is 6.09 Å². The van der Waals surface area contributed by atoms with Gasteiger partial charge in [0.25, 0.3) is 0 Å². The Morgan fingerprint density at radius 1 is 1.47 bits per heavy atom. The van der Waals surface area contributed by atoms with Gasteiger partial charge in [-0.3, -0.25) is 0 Å². The molecule has 1 rings (SSSR count). The number of rotatable bonds is 2. The van der Waals surface area contributed by atoms with Crippen molar-refractivity contribution in [2.24, 2.45) is 5.10 Å². The Kier molecular flexibility index (Phi) is 3.68. The van der Waals surface area contributed by atoms with E-state index in [4.69, 9.17) is 0 Å². The molecule has 0 aliphatic heterocycles. The minimum atomic E-state index is -0.648. The van der Waals surface area contributed by atoms with E-state index in [1.54, 1.807) is 31.2 Å². The Balaban J connectivity index is 2.80. The first-order valence-corrected chi connectivity index (χ1v) is 4.31. The van der Waals surface area contributed by atoms with Gasteiger partial charge in [0.2, 0.25) is 0 Å². The summed E-state index contributed by atoms with van der Waals surface area (Å²) < 4.78 is 4.35. The van der Waals surface area contributed by atoms with Crippen molar-refractivity contribution in [2.45, 2.75) is 6.92 Å². The van der Waals surface area contributed by atoms with Crippen LogP contribution in [-0.2, 0) is 4.74 Å². The molecular formula is C10H12N2O3. The number of benzene rings is 1. The van der Waals surface area contributed by atoms with Gasteiger partial charge in [-0.25, -0.2) is 10.2 Å². The molecule has 2 N–H and O–H groups in total. The first-order valence-electron chi connectivity index (χ1n) is 4.31. The Morgan fingerprint density at radius 2 is 2.13 bits per heavy atom. The van der Waals surface area contributed by atoms with E-state index in [1.165, 1.54) is 7.11 Å². The van der Waals surface area contributed by atoms with Gasteiger partial charge in [-0.1, -0.05) is 12.1 Å². The molecule has 1 aromatic rings. The number of methoxy groups -OCH3 is 1. The molecule has 0 fully saturated rings. The van der Waals surface area contributed by atoms with E-state index in [2.05, 4.69) is 15.3 Å². The van der Waals surface area contributed by atoms with Crippen molar-refractivity contribution >= 4 is 11.8 Å². The molecule has 1 aromatic carbocycles. The fourth-order valence-corrected chi connectivity index (χ4v) is 1.01. The summed E-state index contributed by atoms with van der Waals surface area (Å²) in [5.41, 5.74) is 3.24. The number of carbonyl (C=O) groups excluding carboxylic acids is 1. The van der Waals surface area contributed by atoms with Gasteiger partial charge in [0.1, 0.15) is 5.75 Å². The van der Waals surface area contributed by atoms with Crippen LogP contribution in [0.1, 0.15) is 12.5 Å². The molecule has 0 saturated heterocycles. The van der Waals surface area contributed by atoms with Crippen LogP contribution in [0.15, 0.2) is 29.4 Å². The third-order valence-corrected chi connectivity index (χ3v) is 1.79. The van der Waals surface area contributed by atoms with Crippen molar-refractivity contribution in [3.05, 3.63) is 29.8 Å². The molecule has 80 valence electrons. The van der Waals surface area contributed by atoms with Crippen molar-refractivity contribution in [1.82, 2.24) is 5.43 Å². The number of phenols is 1. The number of hydrogen-bond acceptors (Lipinski definition) is 4. The summed E-state index contributed by atoms with van der Waals surface area (Å²) in [6.07, 6.45) is -0.648. The van der Waals surface area contributed by atoms with Gasteiger partial charge in [-0.15, -0.1) is 0 Å². The van der Waals surface area contributed by atoms with Gasteiger partial charge in [-0.05, 0) is 19.1 Å². The Hall–Kier alpha value is -2.04. The van der Waals surface area contributed by atoms with Crippen LogP contribution < -0.4 is 5.43 Å². The van der Waals surface area contributed by atoms with Gasteiger partial charge in [0, 0.05) is 5.56 Å². The normalized spacial score (nSPS) is 10.9. The highest BCUT2D eigenvalue weighted by Gasteiger charge is 2.03. The third kappa shape index (κ3) is 2.98. The minimum absolute atomic E-state index is 0.116. The van der Waals surface area contributed by atoms with E-state index in [1.807, 2.05) is 0 Å². The molecule has 0 saturated carbocycles. The lowest BCUT2D eigenvalue weighted by Crippen LogP contribution is -2.18. The van der Waals surface area contributed by atoms with Crippen LogP contribution in [-0.4, -0.2) is 24.0 Å². The predicted molar refractivity (Wildman–Crippen MR) is 55.9 cm³/mol.